The first-order valence-corrected chi connectivity index (χ1v) is 11.1. The summed E-state index contributed by atoms with van der Waals surface area (Å²) in [6.07, 6.45) is 6.43. The van der Waals surface area contributed by atoms with Gasteiger partial charge in [-0.2, -0.15) is 5.10 Å². The zero-order valence-electron chi connectivity index (χ0n) is 18.4. The van der Waals surface area contributed by atoms with Crippen LogP contribution in [0, 0.1) is 0 Å². The zero-order chi connectivity index (χ0) is 21.4. The van der Waals surface area contributed by atoms with E-state index in [4.69, 9.17) is 14.5 Å². The van der Waals surface area contributed by atoms with Gasteiger partial charge < -0.3 is 9.32 Å². The second-order valence-electron chi connectivity index (χ2n) is 8.51. The van der Waals surface area contributed by atoms with Crippen molar-refractivity contribution < 1.29 is 4.42 Å². The Bertz CT molecular complexity index is 1170. The Kier molecular flexibility index (Phi) is 5.24. The second-order valence-corrected chi connectivity index (χ2v) is 8.51. The molecule has 1 aliphatic heterocycles. The summed E-state index contributed by atoms with van der Waals surface area (Å²) in [5.41, 5.74) is 6.60. The molecular weight excluding hydrogens is 386 g/mol. The van der Waals surface area contributed by atoms with Gasteiger partial charge in [-0.05, 0) is 55.7 Å². The van der Waals surface area contributed by atoms with Gasteiger partial charge in [0.2, 0.25) is 0 Å². The van der Waals surface area contributed by atoms with Gasteiger partial charge in [-0.1, -0.05) is 13.0 Å². The molecule has 1 N–H and O–H groups in total. The highest BCUT2D eigenvalue weighted by Crippen LogP contribution is 2.34. The number of pyridine rings is 1. The van der Waals surface area contributed by atoms with Crippen LogP contribution in [0.25, 0.3) is 33.3 Å². The van der Waals surface area contributed by atoms with Crippen LogP contribution in [0.15, 0.2) is 53.5 Å². The SMILES string of the molecule is CCc1cnc(N2CCN(C(C)C)CC2)cc1-c1n[nH]c2ccc(-c3ccoc3)cc12. The summed E-state index contributed by atoms with van der Waals surface area (Å²) >= 11 is 0. The molecule has 31 heavy (non-hydrogen) atoms. The van der Waals surface area contributed by atoms with Crippen molar-refractivity contribution in [2.75, 3.05) is 31.1 Å². The maximum absolute atomic E-state index is 5.28. The number of benzene rings is 1. The number of nitrogens with zero attached hydrogens (tertiary/aromatic N) is 4. The number of piperazine rings is 1. The van der Waals surface area contributed by atoms with E-state index in [0.717, 1.165) is 71.7 Å². The molecule has 0 amide bonds. The van der Waals surface area contributed by atoms with Gasteiger partial charge in [-0.25, -0.2) is 4.98 Å². The number of aromatic amines is 1. The van der Waals surface area contributed by atoms with Gasteiger partial charge in [0.05, 0.1) is 18.0 Å². The van der Waals surface area contributed by atoms with Crippen molar-refractivity contribution >= 4 is 16.7 Å². The summed E-state index contributed by atoms with van der Waals surface area (Å²) < 4.78 is 5.28. The average Bonchev–Trinajstić information content (AvgIpc) is 3.48. The molecule has 0 atom stereocenters. The largest absolute Gasteiger partial charge is 0.472 e. The number of fused-ring (bicyclic) bond motifs is 1. The fourth-order valence-electron chi connectivity index (χ4n) is 4.44. The Morgan fingerprint density at radius 3 is 2.61 bits per heavy atom. The Balaban J connectivity index is 1.53. The molecule has 4 heterocycles. The molecule has 160 valence electrons. The van der Waals surface area contributed by atoms with Crippen LogP contribution in [0.1, 0.15) is 26.3 Å². The molecular formula is C25H29N5O. The van der Waals surface area contributed by atoms with Crippen LogP contribution in [0.3, 0.4) is 0 Å². The lowest BCUT2D eigenvalue weighted by atomic mass is 9.99. The number of nitrogens with one attached hydrogen (secondary N) is 1. The minimum atomic E-state index is 0.591. The number of hydrogen-bond donors (Lipinski definition) is 1. The zero-order valence-corrected chi connectivity index (χ0v) is 18.4. The summed E-state index contributed by atoms with van der Waals surface area (Å²) in [5, 5.41) is 9.05. The van der Waals surface area contributed by atoms with E-state index in [1.807, 2.05) is 12.3 Å². The van der Waals surface area contributed by atoms with Crippen LogP contribution in [0.5, 0.6) is 0 Å². The molecule has 1 aliphatic rings. The minimum absolute atomic E-state index is 0.591. The van der Waals surface area contributed by atoms with Gasteiger partial charge in [-0.3, -0.25) is 10.00 Å². The highest BCUT2D eigenvalue weighted by Gasteiger charge is 2.21. The standard InChI is InChI=1S/C25H29N5O/c1-4-18-15-26-24(30-10-8-29(9-11-30)17(2)3)14-21(18)25-22-13-19(20-7-12-31-16-20)5-6-23(22)27-28-25/h5-7,12-17H,4,8-11H2,1-3H3,(H,27,28). The van der Waals surface area contributed by atoms with Crippen molar-refractivity contribution in [1.29, 1.82) is 0 Å². The van der Waals surface area contributed by atoms with Crippen molar-refractivity contribution in [3.05, 3.63) is 54.6 Å². The molecule has 6 nitrogen and oxygen atoms in total. The Morgan fingerprint density at radius 1 is 1.06 bits per heavy atom. The van der Waals surface area contributed by atoms with E-state index < -0.39 is 0 Å². The van der Waals surface area contributed by atoms with Gasteiger partial charge in [-0.15, -0.1) is 0 Å². The smallest absolute Gasteiger partial charge is 0.129 e. The van der Waals surface area contributed by atoms with Crippen LogP contribution in [-0.4, -0.2) is 52.3 Å². The summed E-state index contributed by atoms with van der Waals surface area (Å²) in [6, 6.07) is 11.2. The molecule has 6 heteroatoms. The third-order valence-electron chi connectivity index (χ3n) is 6.39. The maximum Gasteiger partial charge on any atom is 0.129 e. The van der Waals surface area contributed by atoms with Crippen molar-refractivity contribution in [1.82, 2.24) is 20.1 Å². The Labute approximate surface area is 182 Å². The molecule has 0 radical (unpaired) electrons. The third-order valence-corrected chi connectivity index (χ3v) is 6.39. The molecule has 1 aromatic carbocycles. The number of H-pyrrole nitrogens is 1. The molecule has 0 bridgehead atoms. The maximum atomic E-state index is 5.28. The molecule has 0 saturated carbocycles. The first-order chi connectivity index (χ1) is 15.1. The normalized spacial score (nSPS) is 15.3. The van der Waals surface area contributed by atoms with E-state index in [0.29, 0.717) is 6.04 Å². The fraction of sp³-hybridized carbons (Fsp3) is 0.360. The van der Waals surface area contributed by atoms with Crippen LogP contribution in [-0.2, 0) is 6.42 Å². The summed E-state index contributed by atoms with van der Waals surface area (Å²) in [7, 11) is 0. The van der Waals surface area contributed by atoms with E-state index >= 15 is 0 Å². The monoisotopic (exact) mass is 415 g/mol. The number of furan rings is 1. The number of anilines is 1. The van der Waals surface area contributed by atoms with E-state index in [1.165, 1.54) is 5.56 Å². The quantitative estimate of drug-likeness (QED) is 0.498. The van der Waals surface area contributed by atoms with E-state index in [-0.39, 0.29) is 0 Å². The van der Waals surface area contributed by atoms with Gasteiger partial charge in [0.1, 0.15) is 11.5 Å². The van der Waals surface area contributed by atoms with E-state index in [1.54, 1.807) is 12.5 Å². The van der Waals surface area contributed by atoms with Crippen LogP contribution >= 0.6 is 0 Å². The summed E-state index contributed by atoms with van der Waals surface area (Å²) in [6.45, 7) is 10.9. The molecule has 4 aromatic rings. The van der Waals surface area contributed by atoms with Gasteiger partial charge >= 0.3 is 0 Å². The molecule has 0 unspecified atom stereocenters. The minimum Gasteiger partial charge on any atom is -0.472 e. The van der Waals surface area contributed by atoms with Crippen LogP contribution in [0.2, 0.25) is 0 Å². The number of rotatable bonds is 5. The molecule has 0 spiro atoms. The highest BCUT2D eigenvalue weighted by atomic mass is 16.3. The third kappa shape index (κ3) is 3.72. The Hall–Kier alpha value is -3.12. The highest BCUT2D eigenvalue weighted by molar-refractivity contribution is 5.96. The van der Waals surface area contributed by atoms with E-state index in [9.17, 15) is 0 Å². The lowest BCUT2D eigenvalue weighted by Gasteiger charge is -2.37. The molecule has 0 aliphatic carbocycles. The summed E-state index contributed by atoms with van der Waals surface area (Å²) in [5.74, 6) is 1.04. The first-order valence-electron chi connectivity index (χ1n) is 11.1. The average molecular weight is 416 g/mol. The summed E-state index contributed by atoms with van der Waals surface area (Å²) in [4.78, 5) is 9.73. The van der Waals surface area contributed by atoms with Gasteiger partial charge in [0, 0.05) is 54.9 Å². The van der Waals surface area contributed by atoms with Crippen molar-refractivity contribution in [2.45, 2.75) is 33.2 Å². The molecule has 1 fully saturated rings. The predicted octanol–water partition coefficient (Wildman–Crippen LogP) is 4.98. The lowest BCUT2D eigenvalue weighted by Crippen LogP contribution is -2.49. The van der Waals surface area contributed by atoms with Gasteiger partial charge in [0.15, 0.2) is 0 Å². The van der Waals surface area contributed by atoms with Crippen LogP contribution < -0.4 is 4.90 Å². The molecule has 1 saturated heterocycles. The van der Waals surface area contributed by atoms with Crippen molar-refractivity contribution in [3.8, 4) is 22.4 Å². The van der Waals surface area contributed by atoms with Crippen molar-refractivity contribution in [3.63, 3.8) is 0 Å². The topological polar surface area (TPSA) is 61.2 Å². The second kappa shape index (κ2) is 8.19. The first kappa shape index (κ1) is 19.8. The van der Waals surface area contributed by atoms with Gasteiger partial charge in [0.25, 0.3) is 0 Å². The van der Waals surface area contributed by atoms with Crippen molar-refractivity contribution in [2.24, 2.45) is 0 Å². The van der Waals surface area contributed by atoms with Crippen LogP contribution in [0.4, 0.5) is 5.82 Å². The fourth-order valence-corrected chi connectivity index (χ4v) is 4.44. The molecule has 5 rings (SSSR count). The number of aryl methyl sites for hydroxylation is 1. The predicted molar refractivity (Wildman–Crippen MR) is 125 cm³/mol. The molecule has 3 aromatic heterocycles. The van der Waals surface area contributed by atoms with E-state index in [2.05, 4.69) is 59.9 Å². The Morgan fingerprint density at radius 2 is 1.90 bits per heavy atom. The number of hydrogen-bond acceptors (Lipinski definition) is 5. The lowest BCUT2D eigenvalue weighted by molar-refractivity contribution is 0.209. The number of aromatic nitrogens is 3.